The van der Waals surface area contributed by atoms with Gasteiger partial charge in [-0.15, -0.1) is 0 Å². The molecule has 0 fully saturated rings. The van der Waals surface area contributed by atoms with Crippen molar-refractivity contribution in [1.29, 1.82) is 0 Å². The van der Waals surface area contributed by atoms with E-state index in [0.717, 1.165) is 5.56 Å². The fraction of sp³-hybridized carbons (Fsp3) is 0.522. The zero-order valence-corrected chi connectivity index (χ0v) is 20.0. The second kappa shape index (κ2) is 8.75. The van der Waals surface area contributed by atoms with E-state index in [2.05, 4.69) is 39.2 Å². The molecule has 0 aliphatic carbocycles. The van der Waals surface area contributed by atoms with Gasteiger partial charge in [-0.2, -0.15) is 0 Å². The van der Waals surface area contributed by atoms with E-state index in [0.29, 0.717) is 24.7 Å². The van der Waals surface area contributed by atoms with E-state index in [9.17, 15) is 4.79 Å². The van der Waals surface area contributed by atoms with Crippen molar-refractivity contribution in [2.45, 2.75) is 71.9 Å². The van der Waals surface area contributed by atoms with Crippen LogP contribution in [0.5, 0.6) is 0 Å². The predicted molar refractivity (Wildman–Crippen MR) is 118 cm³/mol. The van der Waals surface area contributed by atoms with Gasteiger partial charge in [-0.1, -0.05) is 51.1 Å². The van der Waals surface area contributed by atoms with Crippen LogP contribution in [0.1, 0.15) is 47.1 Å². The maximum atomic E-state index is 12.6. The maximum absolute atomic E-state index is 12.6. The first-order valence-corrected chi connectivity index (χ1v) is 13.0. The van der Waals surface area contributed by atoms with E-state index < -0.39 is 13.9 Å². The molecular weight excluding hydrogens is 382 g/mol. The van der Waals surface area contributed by atoms with Gasteiger partial charge in [0.2, 0.25) is 5.76 Å². The second-order valence-electron chi connectivity index (χ2n) is 9.79. The van der Waals surface area contributed by atoms with Gasteiger partial charge >= 0.3 is 0 Å². The fourth-order valence-electron chi connectivity index (χ4n) is 2.43. The monoisotopic (exact) mass is 417 g/mol. The van der Waals surface area contributed by atoms with E-state index in [-0.39, 0.29) is 16.7 Å². The number of ether oxygens (including phenoxy) is 2. The van der Waals surface area contributed by atoms with E-state index in [1.807, 2.05) is 57.2 Å². The van der Waals surface area contributed by atoms with Gasteiger partial charge < -0.3 is 19.2 Å². The van der Waals surface area contributed by atoms with Crippen molar-refractivity contribution in [3.63, 3.8) is 0 Å². The molecule has 29 heavy (non-hydrogen) atoms. The maximum Gasteiger partial charge on any atom is 0.294 e. The normalized spacial score (nSPS) is 17.0. The summed E-state index contributed by atoms with van der Waals surface area (Å²) in [4.78, 5) is 12.6. The van der Waals surface area contributed by atoms with Crippen molar-refractivity contribution in [1.82, 2.24) is 5.32 Å². The molecule has 1 aromatic rings. The summed E-state index contributed by atoms with van der Waals surface area (Å²) in [5, 5.41) is 2.99. The lowest BCUT2D eigenvalue weighted by molar-refractivity contribution is -0.122. The van der Waals surface area contributed by atoms with Crippen LogP contribution >= 0.6 is 0 Å². The van der Waals surface area contributed by atoms with Gasteiger partial charge in [0.15, 0.2) is 14.1 Å². The molecule has 5 nitrogen and oxygen atoms in total. The van der Waals surface area contributed by atoms with Crippen LogP contribution in [0, 0.1) is 0 Å². The molecule has 2 rings (SSSR count). The van der Waals surface area contributed by atoms with Crippen molar-refractivity contribution >= 4 is 14.2 Å². The Labute approximate surface area is 176 Å². The smallest absolute Gasteiger partial charge is 0.294 e. The number of carbonyl (C=O) groups is 1. The van der Waals surface area contributed by atoms with Crippen LogP contribution in [0.2, 0.25) is 18.1 Å². The number of rotatable bonds is 7. The molecule has 0 unspecified atom stereocenters. The molecule has 6 heteroatoms. The Bertz CT molecular complexity index is 783. The van der Waals surface area contributed by atoms with Gasteiger partial charge in [0.25, 0.3) is 5.91 Å². The summed E-state index contributed by atoms with van der Waals surface area (Å²) in [5.41, 5.74) is 1.11. The molecule has 1 aliphatic rings. The molecule has 0 saturated carbocycles. The summed E-state index contributed by atoms with van der Waals surface area (Å²) in [5.74, 6) is 0.362. The van der Waals surface area contributed by atoms with Crippen LogP contribution in [0.25, 0.3) is 0 Å². The summed E-state index contributed by atoms with van der Waals surface area (Å²) >= 11 is 0. The summed E-state index contributed by atoms with van der Waals surface area (Å²) < 4.78 is 18.2. The fourth-order valence-corrected chi connectivity index (χ4v) is 3.36. The predicted octanol–water partition coefficient (Wildman–Crippen LogP) is 5.27. The Kier molecular flexibility index (Phi) is 7.01. The highest BCUT2D eigenvalue weighted by atomic mass is 28.4. The van der Waals surface area contributed by atoms with Gasteiger partial charge in [-0.25, -0.2) is 0 Å². The van der Waals surface area contributed by atoms with Gasteiger partial charge in [0.05, 0.1) is 12.3 Å². The molecule has 0 bridgehead atoms. The zero-order chi connectivity index (χ0) is 21.9. The van der Waals surface area contributed by atoms with Crippen LogP contribution in [-0.2, 0) is 25.3 Å². The minimum Gasteiger partial charge on any atom is -0.483 e. The second-order valence-corrected chi connectivity index (χ2v) is 14.6. The molecule has 0 radical (unpaired) electrons. The van der Waals surface area contributed by atoms with E-state index >= 15 is 0 Å². The highest BCUT2D eigenvalue weighted by Crippen LogP contribution is 2.36. The summed E-state index contributed by atoms with van der Waals surface area (Å²) in [6, 6.07) is 9.85. The van der Waals surface area contributed by atoms with Gasteiger partial charge in [0.1, 0.15) is 12.2 Å². The van der Waals surface area contributed by atoms with Gasteiger partial charge in [-0.3, -0.25) is 4.79 Å². The summed E-state index contributed by atoms with van der Waals surface area (Å²) in [6.07, 6.45) is 1.87. The Hall–Kier alpha value is -2.05. The molecule has 1 heterocycles. The van der Waals surface area contributed by atoms with Crippen molar-refractivity contribution in [2.75, 3.05) is 6.61 Å². The lowest BCUT2D eigenvalue weighted by atomic mass is 10.2. The van der Waals surface area contributed by atoms with Crippen LogP contribution in [0.15, 0.2) is 53.6 Å². The minimum absolute atomic E-state index is 0.118. The Balaban J connectivity index is 2.23. The third-order valence-electron chi connectivity index (χ3n) is 5.08. The quantitative estimate of drug-likeness (QED) is 0.614. The number of hydrogen-bond acceptors (Lipinski definition) is 4. The third kappa shape index (κ3) is 6.47. The molecular formula is C23H35NO4Si. The number of nitrogens with one attached hydrogen (secondary N) is 1. The average Bonchev–Trinajstić information content (AvgIpc) is 2.86. The van der Waals surface area contributed by atoms with Crippen LogP contribution in [0.4, 0.5) is 0 Å². The summed E-state index contributed by atoms with van der Waals surface area (Å²) in [7, 11) is -1.89. The average molecular weight is 418 g/mol. The molecule has 1 N–H and O–H groups in total. The Morgan fingerprint density at radius 2 is 1.62 bits per heavy atom. The molecule has 0 atom stereocenters. The van der Waals surface area contributed by atoms with Crippen molar-refractivity contribution in [3.05, 3.63) is 59.2 Å². The number of hydrogen-bond donors (Lipinski definition) is 1. The SMILES string of the molecule is CC(C)(C)OC1=C(OCc2ccccc2)/C(=C\CO[Si](C)(C)C(C)(C)C)NC1=O. The largest absolute Gasteiger partial charge is 0.483 e. The van der Waals surface area contributed by atoms with Crippen LogP contribution in [0.3, 0.4) is 0 Å². The zero-order valence-electron chi connectivity index (χ0n) is 19.0. The van der Waals surface area contributed by atoms with Crippen molar-refractivity contribution in [2.24, 2.45) is 0 Å². The molecule has 1 amide bonds. The van der Waals surface area contributed by atoms with Crippen LogP contribution in [-0.4, -0.2) is 26.4 Å². The number of carbonyl (C=O) groups excluding carboxylic acids is 1. The lowest BCUT2D eigenvalue weighted by Gasteiger charge is -2.35. The van der Waals surface area contributed by atoms with E-state index in [1.165, 1.54) is 0 Å². The lowest BCUT2D eigenvalue weighted by Crippen LogP contribution is -2.40. The van der Waals surface area contributed by atoms with E-state index in [1.54, 1.807) is 0 Å². The minimum atomic E-state index is -1.89. The van der Waals surface area contributed by atoms with Crippen molar-refractivity contribution in [3.8, 4) is 0 Å². The molecule has 0 spiro atoms. The molecule has 0 saturated heterocycles. The molecule has 1 aliphatic heterocycles. The van der Waals surface area contributed by atoms with Crippen LogP contribution < -0.4 is 5.32 Å². The highest BCUT2D eigenvalue weighted by molar-refractivity contribution is 6.74. The number of benzene rings is 1. The number of amides is 1. The Morgan fingerprint density at radius 3 is 2.17 bits per heavy atom. The van der Waals surface area contributed by atoms with Gasteiger partial charge in [0, 0.05) is 0 Å². The highest BCUT2D eigenvalue weighted by Gasteiger charge is 2.37. The topological polar surface area (TPSA) is 56.8 Å². The first kappa shape index (κ1) is 23.2. The van der Waals surface area contributed by atoms with E-state index in [4.69, 9.17) is 13.9 Å². The first-order chi connectivity index (χ1) is 13.3. The standard InChI is InChI=1S/C23H35NO4Si/c1-22(2,3)28-20-19(26-16-17-12-10-9-11-13-17)18(24-21(20)25)14-15-27-29(7,8)23(4,5)6/h9-14H,15-16H2,1-8H3,(H,24,25)/b18-14+. The molecule has 0 aromatic heterocycles. The molecule has 160 valence electrons. The third-order valence-corrected chi connectivity index (χ3v) is 9.58. The first-order valence-electron chi connectivity index (χ1n) is 10.1. The summed E-state index contributed by atoms with van der Waals surface area (Å²) in [6.45, 7) is 17.5. The van der Waals surface area contributed by atoms with Gasteiger partial charge in [-0.05, 0) is 50.5 Å². The molecule has 1 aromatic carbocycles. The van der Waals surface area contributed by atoms with Crippen molar-refractivity contribution < 1.29 is 18.7 Å². The Morgan fingerprint density at radius 1 is 1.00 bits per heavy atom.